The zero-order valence-electron chi connectivity index (χ0n) is 6.80. The Morgan fingerprint density at radius 2 is 2.27 bits per heavy atom. The van der Waals surface area contributed by atoms with Crippen LogP contribution in [0.1, 0.15) is 19.3 Å². The van der Waals surface area contributed by atoms with Crippen LogP contribution in [0.2, 0.25) is 0 Å². The first-order valence-corrected chi connectivity index (χ1v) is 3.55. The smallest absolute Gasteiger partial charge is 0.309 e. The number of aliphatic hydroxyl groups is 1. The minimum atomic E-state index is -0.270. The van der Waals surface area contributed by atoms with E-state index in [2.05, 4.69) is 11.3 Å². The van der Waals surface area contributed by atoms with Gasteiger partial charge in [-0.2, -0.15) is 0 Å². The van der Waals surface area contributed by atoms with Crippen molar-refractivity contribution in [1.82, 2.24) is 0 Å². The second kappa shape index (κ2) is 5.92. The van der Waals surface area contributed by atoms with Gasteiger partial charge in [0.1, 0.15) is 0 Å². The summed E-state index contributed by atoms with van der Waals surface area (Å²) in [5.41, 5.74) is 0.811. The van der Waals surface area contributed by atoms with Crippen LogP contribution >= 0.6 is 0 Å². The molecular weight excluding hydrogens is 144 g/mol. The average molecular weight is 158 g/mol. The topological polar surface area (TPSA) is 46.5 Å². The van der Waals surface area contributed by atoms with Crippen molar-refractivity contribution in [2.24, 2.45) is 0 Å². The summed E-state index contributed by atoms with van der Waals surface area (Å²) in [6, 6.07) is 0. The van der Waals surface area contributed by atoms with Gasteiger partial charge in [-0.05, 0) is 12.8 Å². The van der Waals surface area contributed by atoms with Crippen LogP contribution in [0.15, 0.2) is 12.2 Å². The molecule has 0 aliphatic carbocycles. The molecule has 0 rings (SSSR count). The van der Waals surface area contributed by atoms with E-state index in [0.717, 1.165) is 5.57 Å². The number of carbonyl (C=O) groups is 1. The third kappa shape index (κ3) is 5.61. The van der Waals surface area contributed by atoms with Gasteiger partial charge in [-0.3, -0.25) is 4.79 Å². The van der Waals surface area contributed by atoms with Crippen molar-refractivity contribution in [3.63, 3.8) is 0 Å². The van der Waals surface area contributed by atoms with Gasteiger partial charge in [0, 0.05) is 6.61 Å². The molecule has 0 radical (unpaired) electrons. The summed E-state index contributed by atoms with van der Waals surface area (Å²) in [6.07, 6.45) is 1.61. The highest BCUT2D eigenvalue weighted by molar-refractivity contribution is 5.71. The van der Waals surface area contributed by atoms with Crippen LogP contribution in [0.4, 0.5) is 0 Å². The minimum absolute atomic E-state index is 0.139. The van der Waals surface area contributed by atoms with Gasteiger partial charge in [0.2, 0.25) is 0 Å². The summed E-state index contributed by atoms with van der Waals surface area (Å²) in [6.45, 7) is 3.81. The average Bonchev–Trinajstić information content (AvgIpc) is 2.00. The number of rotatable bonds is 5. The van der Waals surface area contributed by atoms with Gasteiger partial charge in [-0.15, -0.1) is 0 Å². The first-order valence-electron chi connectivity index (χ1n) is 3.55. The SMILES string of the molecule is C=C(CCCO)CC(=O)OC. The van der Waals surface area contributed by atoms with E-state index < -0.39 is 0 Å². The van der Waals surface area contributed by atoms with Crippen LogP contribution < -0.4 is 0 Å². The first-order chi connectivity index (χ1) is 5.20. The van der Waals surface area contributed by atoms with Gasteiger partial charge in [0.15, 0.2) is 0 Å². The molecule has 0 saturated carbocycles. The predicted molar refractivity (Wildman–Crippen MR) is 42.1 cm³/mol. The molecule has 64 valence electrons. The van der Waals surface area contributed by atoms with E-state index in [0.29, 0.717) is 12.8 Å². The molecule has 0 atom stereocenters. The maximum absolute atomic E-state index is 10.6. The molecule has 0 spiro atoms. The van der Waals surface area contributed by atoms with Crippen LogP contribution in [0.5, 0.6) is 0 Å². The maximum atomic E-state index is 10.6. The van der Waals surface area contributed by atoms with Crippen molar-refractivity contribution in [3.05, 3.63) is 12.2 Å². The normalized spacial score (nSPS) is 9.27. The van der Waals surface area contributed by atoms with Crippen molar-refractivity contribution >= 4 is 5.97 Å². The number of hydrogen-bond acceptors (Lipinski definition) is 3. The van der Waals surface area contributed by atoms with E-state index in [1.54, 1.807) is 0 Å². The number of methoxy groups -OCH3 is 1. The third-order valence-electron chi connectivity index (χ3n) is 1.31. The highest BCUT2D eigenvalue weighted by atomic mass is 16.5. The van der Waals surface area contributed by atoms with E-state index in [1.807, 2.05) is 0 Å². The Bertz CT molecular complexity index is 140. The lowest BCUT2D eigenvalue weighted by Gasteiger charge is -2.01. The summed E-state index contributed by atoms with van der Waals surface area (Å²) in [5.74, 6) is -0.270. The molecule has 1 N–H and O–H groups in total. The Morgan fingerprint density at radius 3 is 2.73 bits per heavy atom. The largest absolute Gasteiger partial charge is 0.469 e. The summed E-state index contributed by atoms with van der Waals surface area (Å²) >= 11 is 0. The highest BCUT2D eigenvalue weighted by Crippen LogP contribution is 2.06. The number of ether oxygens (including phenoxy) is 1. The monoisotopic (exact) mass is 158 g/mol. The van der Waals surface area contributed by atoms with Gasteiger partial charge in [-0.1, -0.05) is 12.2 Å². The molecule has 0 aromatic rings. The number of aliphatic hydroxyl groups excluding tert-OH is 1. The molecule has 0 aliphatic rings. The molecule has 0 bridgehead atoms. The minimum Gasteiger partial charge on any atom is -0.469 e. The first kappa shape index (κ1) is 10.2. The van der Waals surface area contributed by atoms with E-state index in [9.17, 15) is 4.79 Å². The summed E-state index contributed by atoms with van der Waals surface area (Å²) in [7, 11) is 1.35. The predicted octanol–water partition coefficient (Wildman–Crippen LogP) is 0.878. The lowest BCUT2D eigenvalue weighted by Crippen LogP contribution is -2.01. The molecule has 11 heavy (non-hydrogen) atoms. The Kier molecular flexibility index (Phi) is 5.47. The van der Waals surface area contributed by atoms with Crippen molar-refractivity contribution in [1.29, 1.82) is 0 Å². The Labute approximate surface area is 66.7 Å². The molecule has 3 nitrogen and oxygen atoms in total. The zero-order chi connectivity index (χ0) is 8.69. The quantitative estimate of drug-likeness (QED) is 0.477. The molecule has 3 heteroatoms. The second-order valence-electron chi connectivity index (χ2n) is 2.33. The lowest BCUT2D eigenvalue weighted by atomic mass is 10.1. The Morgan fingerprint density at radius 1 is 1.64 bits per heavy atom. The van der Waals surface area contributed by atoms with Crippen molar-refractivity contribution < 1.29 is 14.6 Å². The third-order valence-corrected chi connectivity index (χ3v) is 1.31. The Hall–Kier alpha value is -0.830. The summed E-state index contributed by atoms with van der Waals surface area (Å²) in [4.78, 5) is 10.6. The van der Waals surface area contributed by atoms with Gasteiger partial charge in [0.25, 0.3) is 0 Å². The molecule has 0 heterocycles. The van der Waals surface area contributed by atoms with Crippen molar-refractivity contribution in [3.8, 4) is 0 Å². The maximum Gasteiger partial charge on any atom is 0.309 e. The lowest BCUT2D eigenvalue weighted by molar-refractivity contribution is -0.139. The van der Waals surface area contributed by atoms with Crippen molar-refractivity contribution in [2.75, 3.05) is 13.7 Å². The molecule has 0 aromatic carbocycles. The van der Waals surface area contributed by atoms with E-state index in [4.69, 9.17) is 5.11 Å². The Balaban J connectivity index is 3.44. The van der Waals surface area contributed by atoms with Crippen molar-refractivity contribution in [2.45, 2.75) is 19.3 Å². The molecule has 0 aliphatic heterocycles. The van der Waals surface area contributed by atoms with Crippen LogP contribution in [0, 0.1) is 0 Å². The number of esters is 1. The molecule has 0 aromatic heterocycles. The van der Waals surface area contributed by atoms with Gasteiger partial charge in [-0.25, -0.2) is 0 Å². The highest BCUT2D eigenvalue weighted by Gasteiger charge is 2.02. The fourth-order valence-electron chi connectivity index (χ4n) is 0.694. The van der Waals surface area contributed by atoms with Crippen LogP contribution in [-0.2, 0) is 9.53 Å². The van der Waals surface area contributed by atoms with E-state index >= 15 is 0 Å². The van der Waals surface area contributed by atoms with E-state index in [-0.39, 0.29) is 19.0 Å². The summed E-state index contributed by atoms with van der Waals surface area (Å²) in [5, 5.41) is 8.45. The molecule has 0 fully saturated rings. The molecule has 0 saturated heterocycles. The van der Waals surface area contributed by atoms with E-state index in [1.165, 1.54) is 7.11 Å². The van der Waals surface area contributed by atoms with Crippen LogP contribution in [-0.4, -0.2) is 24.8 Å². The number of hydrogen-bond donors (Lipinski definition) is 1. The van der Waals surface area contributed by atoms with Gasteiger partial charge < -0.3 is 9.84 Å². The zero-order valence-corrected chi connectivity index (χ0v) is 6.80. The van der Waals surface area contributed by atoms with Gasteiger partial charge in [0.05, 0.1) is 13.5 Å². The second-order valence-corrected chi connectivity index (χ2v) is 2.33. The standard InChI is InChI=1S/C8H14O3/c1-7(4-3-5-9)6-8(10)11-2/h9H,1,3-6H2,2H3. The number of carbonyl (C=O) groups excluding carboxylic acids is 1. The van der Waals surface area contributed by atoms with Crippen LogP contribution in [0.25, 0.3) is 0 Å². The molecule has 0 amide bonds. The summed E-state index contributed by atoms with van der Waals surface area (Å²) < 4.78 is 4.44. The fourth-order valence-corrected chi connectivity index (χ4v) is 0.694. The fraction of sp³-hybridized carbons (Fsp3) is 0.625. The molecule has 0 unspecified atom stereocenters. The van der Waals surface area contributed by atoms with Gasteiger partial charge >= 0.3 is 5.97 Å². The molecular formula is C8H14O3. The van der Waals surface area contributed by atoms with Crippen LogP contribution in [0.3, 0.4) is 0 Å².